The minimum absolute atomic E-state index is 0.223. The van der Waals surface area contributed by atoms with Gasteiger partial charge in [0.2, 0.25) is 0 Å². The van der Waals surface area contributed by atoms with Crippen molar-refractivity contribution >= 4 is 11.4 Å². The molecule has 0 aromatic heterocycles. The first-order chi connectivity index (χ1) is 13.3. The van der Waals surface area contributed by atoms with Gasteiger partial charge in [-0.25, -0.2) is 4.85 Å². The van der Waals surface area contributed by atoms with E-state index in [1.807, 2.05) is 0 Å². The van der Waals surface area contributed by atoms with Crippen molar-refractivity contribution in [3.63, 3.8) is 0 Å². The monoisotopic (exact) mass is 387 g/mol. The van der Waals surface area contributed by atoms with Crippen LogP contribution in [0.2, 0.25) is 0 Å². The van der Waals surface area contributed by atoms with E-state index in [1.165, 1.54) is 12.1 Å². The van der Waals surface area contributed by atoms with Crippen molar-refractivity contribution in [2.45, 2.75) is 25.4 Å². The quantitative estimate of drug-likeness (QED) is 0.710. The molecule has 0 unspecified atom stereocenters. The van der Waals surface area contributed by atoms with Gasteiger partial charge in [0.25, 0.3) is 0 Å². The Hall–Kier alpha value is -3.23. The first-order valence-electron chi connectivity index (χ1n) is 8.45. The summed E-state index contributed by atoms with van der Waals surface area (Å²) < 4.78 is 51.0. The van der Waals surface area contributed by atoms with E-state index >= 15 is 0 Å². The van der Waals surface area contributed by atoms with Gasteiger partial charge in [0.1, 0.15) is 24.7 Å². The molecule has 0 amide bonds. The highest BCUT2D eigenvalue weighted by Gasteiger charge is 2.36. The van der Waals surface area contributed by atoms with Crippen LogP contribution in [0.5, 0.6) is 5.75 Å². The van der Waals surface area contributed by atoms with E-state index in [-0.39, 0.29) is 12.7 Å². The third-order valence-electron chi connectivity index (χ3n) is 4.39. The summed E-state index contributed by atoms with van der Waals surface area (Å²) in [4.78, 5) is 5.00. The Morgan fingerprint density at radius 2 is 2.00 bits per heavy atom. The summed E-state index contributed by atoms with van der Waals surface area (Å²) in [5.41, 5.74) is -0.528. The highest BCUT2D eigenvalue weighted by atomic mass is 19.4. The standard InChI is InChI=1S/C20H16F3N3O2/c1-13-26(16-6-3-14(10-24)19(9-16)20(21,22)23)11-18(28-13)12-27-17-7-4-15(25-2)5-8-17/h3-9,13,18H,11-12H2,1H3/t13-,18-/m1/s1. The molecule has 3 rings (SSSR count). The Bertz CT molecular complexity index is 930. The first kappa shape index (κ1) is 19.5. The number of nitriles is 1. The second kappa shape index (κ2) is 7.79. The Kier molecular flexibility index (Phi) is 5.43. The Morgan fingerprint density at radius 3 is 2.61 bits per heavy atom. The van der Waals surface area contributed by atoms with E-state index in [9.17, 15) is 13.2 Å². The van der Waals surface area contributed by atoms with Crippen molar-refractivity contribution in [2.24, 2.45) is 0 Å². The number of nitrogens with zero attached hydrogens (tertiary/aromatic N) is 3. The van der Waals surface area contributed by atoms with Gasteiger partial charge in [-0.15, -0.1) is 0 Å². The summed E-state index contributed by atoms with van der Waals surface area (Å²) in [5.74, 6) is 0.583. The smallest absolute Gasteiger partial charge is 0.417 e. The number of anilines is 1. The van der Waals surface area contributed by atoms with Crippen LogP contribution in [-0.2, 0) is 10.9 Å². The van der Waals surface area contributed by atoms with Crippen molar-refractivity contribution in [1.82, 2.24) is 0 Å². The van der Waals surface area contributed by atoms with Gasteiger partial charge >= 0.3 is 6.18 Å². The lowest BCUT2D eigenvalue weighted by atomic mass is 10.1. The number of rotatable bonds is 4. The maximum absolute atomic E-state index is 13.2. The third kappa shape index (κ3) is 4.19. The lowest BCUT2D eigenvalue weighted by Crippen LogP contribution is -2.28. The molecule has 1 fully saturated rings. The molecule has 2 aromatic carbocycles. The SMILES string of the molecule is [C-]#[N+]c1ccc(OC[C@H]2CN(c3ccc(C#N)c(C(F)(F)F)c3)[C@@H](C)O2)cc1. The molecular weight excluding hydrogens is 371 g/mol. The molecule has 0 bridgehead atoms. The average Bonchev–Trinajstić information content (AvgIpc) is 3.06. The molecule has 5 nitrogen and oxygen atoms in total. The Morgan fingerprint density at radius 1 is 1.29 bits per heavy atom. The topological polar surface area (TPSA) is 49.8 Å². The maximum Gasteiger partial charge on any atom is 0.417 e. The van der Waals surface area contributed by atoms with Crippen molar-refractivity contribution in [2.75, 3.05) is 18.1 Å². The molecule has 0 saturated carbocycles. The molecular formula is C20H16F3N3O2. The number of alkyl halides is 3. The lowest BCUT2D eigenvalue weighted by molar-refractivity contribution is -0.137. The van der Waals surface area contributed by atoms with Crippen LogP contribution in [0.25, 0.3) is 4.85 Å². The van der Waals surface area contributed by atoms with Gasteiger partial charge in [0, 0.05) is 5.69 Å². The lowest BCUT2D eigenvalue weighted by Gasteiger charge is -2.23. The number of halogens is 3. The van der Waals surface area contributed by atoms with Gasteiger partial charge in [0.05, 0.1) is 30.3 Å². The summed E-state index contributed by atoms with van der Waals surface area (Å²) in [6.45, 7) is 9.25. The molecule has 0 radical (unpaired) electrons. The van der Waals surface area contributed by atoms with E-state index in [4.69, 9.17) is 21.3 Å². The van der Waals surface area contributed by atoms with E-state index in [0.29, 0.717) is 23.7 Å². The minimum atomic E-state index is -4.61. The molecule has 28 heavy (non-hydrogen) atoms. The number of hydrogen-bond donors (Lipinski definition) is 0. The van der Waals surface area contributed by atoms with Crippen LogP contribution in [0, 0.1) is 17.9 Å². The first-order valence-corrected chi connectivity index (χ1v) is 8.45. The van der Waals surface area contributed by atoms with Crippen molar-refractivity contribution in [3.05, 3.63) is 65.0 Å². The van der Waals surface area contributed by atoms with E-state index in [1.54, 1.807) is 42.2 Å². The van der Waals surface area contributed by atoms with Gasteiger partial charge < -0.3 is 14.4 Å². The maximum atomic E-state index is 13.2. The van der Waals surface area contributed by atoms with E-state index in [0.717, 1.165) is 6.07 Å². The molecule has 8 heteroatoms. The van der Waals surface area contributed by atoms with Gasteiger partial charge in [-0.2, -0.15) is 18.4 Å². The molecule has 1 aliphatic heterocycles. The molecule has 144 valence electrons. The van der Waals surface area contributed by atoms with Crippen LogP contribution < -0.4 is 9.64 Å². The van der Waals surface area contributed by atoms with Crippen LogP contribution in [0.15, 0.2) is 42.5 Å². The molecule has 1 heterocycles. The van der Waals surface area contributed by atoms with Crippen LogP contribution in [0.1, 0.15) is 18.1 Å². The second-order valence-electron chi connectivity index (χ2n) is 6.27. The number of hydrogen-bond acceptors (Lipinski definition) is 4. The number of benzene rings is 2. The molecule has 1 saturated heterocycles. The molecule has 0 aliphatic carbocycles. The predicted molar refractivity (Wildman–Crippen MR) is 96.0 cm³/mol. The zero-order valence-electron chi connectivity index (χ0n) is 14.9. The van der Waals surface area contributed by atoms with Crippen molar-refractivity contribution < 1.29 is 22.6 Å². The highest BCUT2D eigenvalue weighted by molar-refractivity contribution is 5.55. The molecule has 1 aliphatic rings. The molecule has 2 atom stereocenters. The highest BCUT2D eigenvalue weighted by Crippen LogP contribution is 2.36. The predicted octanol–water partition coefficient (Wildman–Crippen LogP) is 4.76. The third-order valence-corrected chi connectivity index (χ3v) is 4.39. The Labute approximate surface area is 160 Å². The minimum Gasteiger partial charge on any atom is -0.491 e. The zero-order valence-corrected chi connectivity index (χ0v) is 14.9. The van der Waals surface area contributed by atoms with Gasteiger partial charge in [-0.3, -0.25) is 0 Å². The summed E-state index contributed by atoms with van der Waals surface area (Å²) in [6.07, 6.45) is -5.38. The van der Waals surface area contributed by atoms with E-state index < -0.39 is 23.5 Å². The van der Waals surface area contributed by atoms with Gasteiger partial charge in [-0.05, 0) is 37.3 Å². The molecule has 2 aromatic rings. The zero-order chi connectivity index (χ0) is 20.3. The summed E-state index contributed by atoms with van der Waals surface area (Å²) >= 11 is 0. The van der Waals surface area contributed by atoms with E-state index in [2.05, 4.69) is 4.85 Å². The van der Waals surface area contributed by atoms with Gasteiger partial charge in [0.15, 0.2) is 5.69 Å². The average molecular weight is 387 g/mol. The largest absolute Gasteiger partial charge is 0.491 e. The summed E-state index contributed by atoms with van der Waals surface area (Å²) in [7, 11) is 0. The fraction of sp³-hybridized carbons (Fsp3) is 0.300. The van der Waals surface area contributed by atoms with Crippen LogP contribution in [0.3, 0.4) is 0 Å². The Balaban J connectivity index is 1.69. The summed E-state index contributed by atoms with van der Waals surface area (Å²) in [5, 5.41) is 8.92. The second-order valence-corrected chi connectivity index (χ2v) is 6.27. The molecule has 0 N–H and O–H groups in total. The number of ether oxygens (including phenoxy) is 2. The summed E-state index contributed by atoms with van der Waals surface area (Å²) in [6, 6.07) is 11.9. The molecule has 0 spiro atoms. The van der Waals surface area contributed by atoms with Crippen molar-refractivity contribution in [3.8, 4) is 11.8 Å². The fourth-order valence-electron chi connectivity index (χ4n) is 3.02. The van der Waals surface area contributed by atoms with Crippen LogP contribution in [-0.4, -0.2) is 25.5 Å². The fourth-order valence-corrected chi connectivity index (χ4v) is 3.02. The van der Waals surface area contributed by atoms with Gasteiger partial charge in [-0.1, -0.05) is 12.1 Å². The van der Waals surface area contributed by atoms with Crippen LogP contribution >= 0.6 is 0 Å². The van der Waals surface area contributed by atoms with Crippen molar-refractivity contribution in [1.29, 1.82) is 5.26 Å². The van der Waals surface area contributed by atoms with Crippen LogP contribution in [0.4, 0.5) is 24.5 Å². The normalized spacial score (nSPS) is 19.1.